The summed E-state index contributed by atoms with van der Waals surface area (Å²) >= 11 is 6.51. The molecule has 178 valence electrons. The molecular weight excluding hydrogens is 426 g/mol. The number of hydrogen-bond acceptors (Lipinski definition) is 5. The molecule has 0 unspecified atom stereocenters. The van der Waals surface area contributed by atoms with Crippen molar-refractivity contribution in [3.05, 3.63) is 45.5 Å². The maximum Gasteiger partial charge on any atom is 0.144 e. The molecule has 0 saturated heterocycles. The minimum Gasteiger partial charge on any atom is -0.507 e. The summed E-state index contributed by atoms with van der Waals surface area (Å²) < 4.78 is 5.51. The molecule has 0 bridgehead atoms. The fourth-order valence-corrected chi connectivity index (χ4v) is 4.91. The van der Waals surface area contributed by atoms with Gasteiger partial charge in [0.2, 0.25) is 0 Å². The summed E-state index contributed by atoms with van der Waals surface area (Å²) in [6.07, 6.45) is 10.1. The van der Waals surface area contributed by atoms with Crippen molar-refractivity contribution >= 4 is 17.8 Å². The Balaban J connectivity index is 2.37. The van der Waals surface area contributed by atoms with Gasteiger partial charge in [0.1, 0.15) is 18.6 Å². The van der Waals surface area contributed by atoms with Crippen LogP contribution in [0.4, 0.5) is 0 Å². The van der Waals surface area contributed by atoms with E-state index in [1.807, 2.05) is 19.9 Å². The molecule has 5 nitrogen and oxygen atoms in total. The standard InChI is InChI=1S/C26H38ClNO4/c1-16(11-13-25(5)17(2)12-14-26(6,30)19(25)4)9-10-20-23(29)21(15-28-32-8)18(3)22(27)24(20)31-7/h9,11,13,15,17,19,29-30H,10,12,14H2,1-8H3/b13-11+,16-9+,28-15+/t17-,19-,25+,26+/m1/s1. The lowest BCUT2D eigenvalue weighted by atomic mass is 9.57. The van der Waals surface area contributed by atoms with Gasteiger partial charge in [-0.05, 0) is 62.8 Å². The molecule has 0 heterocycles. The van der Waals surface area contributed by atoms with Crippen molar-refractivity contribution in [1.29, 1.82) is 0 Å². The fourth-order valence-electron chi connectivity index (χ4n) is 4.62. The Morgan fingerprint density at radius 3 is 2.53 bits per heavy atom. The Labute approximate surface area is 197 Å². The number of phenolic OH excluding ortho intramolecular Hbond substituents is 1. The lowest BCUT2D eigenvalue weighted by molar-refractivity contribution is -0.0915. The van der Waals surface area contributed by atoms with Gasteiger partial charge in [0.25, 0.3) is 0 Å². The quantitative estimate of drug-likeness (QED) is 0.286. The third kappa shape index (κ3) is 5.15. The Morgan fingerprint density at radius 2 is 1.94 bits per heavy atom. The molecular formula is C26H38ClNO4. The number of aromatic hydroxyl groups is 1. The third-order valence-electron chi connectivity index (χ3n) is 7.58. The predicted octanol–water partition coefficient (Wildman–Crippen LogP) is 6.21. The molecule has 1 aliphatic rings. The summed E-state index contributed by atoms with van der Waals surface area (Å²) in [5.41, 5.74) is 2.07. The number of hydrogen-bond donors (Lipinski definition) is 2. The summed E-state index contributed by atoms with van der Waals surface area (Å²) in [6, 6.07) is 0. The number of aliphatic hydroxyl groups is 1. The number of ether oxygens (including phenoxy) is 1. The molecule has 2 rings (SSSR count). The van der Waals surface area contributed by atoms with Crippen LogP contribution in [0.3, 0.4) is 0 Å². The van der Waals surface area contributed by atoms with Crippen LogP contribution in [0.25, 0.3) is 0 Å². The molecule has 6 heteroatoms. The van der Waals surface area contributed by atoms with Crippen LogP contribution in [-0.2, 0) is 11.3 Å². The monoisotopic (exact) mass is 463 g/mol. The molecule has 32 heavy (non-hydrogen) atoms. The number of halogens is 1. The second-order valence-electron chi connectivity index (χ2n) is 9.50. The highest BCUT2D eigenvalue weighted by Crippen LogP contribution is 2.50. The first-order chi connectivity index (χ1) is 14.9. The first-order valence-corrected chi connectivity index (χ1v) is 11.5. The zero-order chi connectivity index (χ0) is 24.3. The minimum absolute atomic E-state index is 0.0788. The average molecular weight is 464 g/mol. The van der Waals surface area contributed by atoms with Crippen LogP contribution in [0.2, 0.25) is 5.02 Å². The molecule has 0 radical (unpaired) electrons. The van der Waals surface area contributed by atoms with Crippen molar-refractivity contribution in [2.45, 2.75) is 66.4 Å². The first-order valence-electron chi connectivity index (χ1n) is 11.1. The first kappa shape index (κ1) is 26.3. The average Bonchev–Trinajstić information content (AvgIpc) is 2.75. The third-order valence-corrected chi connectivity index (χ3v) is 8.04. The number of oxime groups is 1. The van der Waals surface area contributed by atoms with Gasteiger partial charge in [0.15, 0.2) is 0 Å². The van der Waals surface area contributed by atoms with Gasteiger partial charge in [-0.1, -0.05) is 61.3 Å². The second kappa shape index (κ2) is 10.3. The van der Waals surface area contributed by atoms with Gasteiger partial charge in [-0.25, -0.2) is 0 Å². The summed E-state index contributed by atoms with van der Waals surface area (Å²) in [7, 11) is 2.99. The zero-order valence-electron chi connectivity index (χ0n) is 20.6. The molecule has 1 aromatic carbocycles. The zero-order valence-corrected chi connectivity index (χ0v) is 21.4. The van der Waals surface area contributed by atoms with Gasteiger partial charge in [-0.15, -0.1) is 0 Å². The van der Waals surface area contributed by atoms with E-state index in [0.29, 0.717) is 39.8 Å². The van der Waals surface area contributed by atoms with Crippen LogP contribution >= 0.6 is 11.6 Å². The van der Waals surface area contributed by atoms with E-state index in [-0.39, 0.29) is 17.1 Å². The van der Waals surface area contributed by atoms with Crippen LogP contribution in [0.5, 0.6) is 11.5 Å². The van der Waals surface area contributed by atoms with Crippen LogP contribution in [0.15, 0.2) is 29.0 Å². The Morgan fingerprint density at radius 1 is 1.28 bits per heavy atom. The van der Waals surface area contributed by atoms with Crippen molar-refractivity contribution < 1.29 is 19.8 Å². The van der Waals surface area contributed by atoms with Crippen LogP contribution in [0, 0.1) is 24.2 Å². The van der Waals surface area contributed by atoms with Gasteiger partial charge in [0.05, 0.1) is 23.9 Å². The van der Waals surface area contributed by atoms with Crippen molar-refractivity contribution in [2.75, 3.05) is 14.2 Å². The molecule has 1 aromatic rings. The molecule has 0 aromatic heterocycles. The maximum absolute atomic E-state index is 10.9. The smallest absolute Gasteiger partial charge is 0.144 e. The van der Waals surface area contributed by atoms with E-state index in [1.165, 1.54) is 13.3 Å². The normalized spacial score (nSPS) is 29.1. The SMILES string of the molecule is CO/N=C/c1c(C)c(Cl)c(OC)c(C/C=C(C)/C=C/[C@@]2(C)[C@H](C)CC[C@](C)(O)[C@@H]2C)c1O. The maximum atomic E-state index is 10.9. The van der Waals surface area contributed by atoms with Gasteiger partial charge in [-0.2, -0.15) is 0 Å². The Hall–Kier alpha value is -1.98. The molecule has 0 amide bonds. The number of methoxy groups -OCH3 is 1. The van der Waals surface area contributed by atoms with Crippen LogP contribution in [0.1, 0.15) is 64.2 Å². The lowest BCUT2D eigenvalue weighted by Gasteiger charge is -2.50. The van der Waals surface area contributed by atoms with Crippen molar-refractivity contribution in [1.82, 2.24) is 0 Å². The molecule has 2 N–H and O–H groups in total. The molecule has 4 atom stereocenters. The summed E-state index contributed by atoms with van der Waals surface area (Å²) in [5, 5.41) is 25.9. The molecule has 1 fully saturated rings. The summed E-state index contributed by atoms with van der Waals surface area (Å²) in [6.45, 7) is 12.4. The highest BCUT2D eigenvalue weighted by molar-refractivity contribution is 6.33. The largest absolute Gasteiger partial charge is 0.507 e. The molecule has 1 saturated carbocycles. The van der Waals surface area contributed by atoms with E-state index < -0.39 is 5.60 Å². The number of nitrogens with zero attached hydrogens (tertiary/aromatic N) is 1. The van der Waals surface area contributed by atoms with Crippen LogP contribution < -0.4 is 4.74 Å². The van der Waals surface area contributed by atoms with Crippen molar-refractivity contribution in [3.8, 4) is 11.5 Å². The second-order valence-corrected chi connectivity index (χ2v) is 9.88. The molecule has 1 aliphatic carbocycles. The fraction of sp³-hybridized carbons (Fsp3) is 0.577. The Bertz CT molecular complexity index is 919. The topological polar surface area (TPSA) is 71.3 Å². The van der Waals surface area contributed by atoms with E-state index in [0.717, 1.165) is 18.4 Å². The van der Waals surface area contributed by atoms with Crippen LogP contribution in [-0.4, -0.2) is 36.2 Å². The van der Waals surface area contributed by atoms with E-state index in [2.05, 4.69) is 38.1 Å². The number of benzene rings is 1. The lowest BCUT2D eigenvalue weighted by Crippen LogP contribution is -2.49. The minimum atomic E-state index is -0.665. The number of phenols is 1. The van der Waals surface area contributed by atoms with E-state index in [4.69, 9.17) is 21.2 Å². The molecule has 0 aliphatic heterocycles. The van der Waals surface area contributed by atoms with E-state index >= 15 is 0 Å². The predicted molar refractivity (Wildman–Crippen MR) is 132 cm³/mol. The van der Waals surface area contributed by atoms with Crippen molar-refractivity contribution in [2.24, 2.45) is 22.4 Å². The van der Waals surface area contributed by atoms with Gasteiger partial charge in [-0.3, -0.25) is 0 Å². The highest BCUT2D eigenvalue weighted by Gasteiger charge is 2.47. The van der Waals surface area contributed by atoms with E-state index in [1.54, 1.807) is 14.0 Å². The summed E-state index contributed by atoms with van der Waals surface area (Å²) in [4.78, 5) is 4.77. The van der Waals surface area contributed by atoms with Crippen molar-refractivity contribution in [3.63, 3.8) is 0 Å². The van der Waals surface area contributed by atoms with Gasteiger partial charge in [0, 0.05) is 11.1 Å². The Kier molecular flexibility index (Phi) is 8.46. The number of allylic oxidation sites excluding steroid dienone is 4. The number of rotatable bonds is 7. The summed E-state index contributed by atoms with van der Waals surface area (Å²) in [5.74, 6) is 1.16. The van der Waals surface area contributed by atoms with Gasteiger partial charge < -0.3 is 19.8 Å². The van der Waals surface area contributed by atoms with Gasteiger partial charge >= 0.3 is 0 Å². The molecule has 0 spiro atoms. The highest BCUT2D eigenvalue weighted by atomic mass is 35.5. The van der Waals surface area contributed by atoms with E-state index in [9.17, 15) is 10.2 Å².